The van der Waals surface area contributed by atoms with Crippen molar-refractivity contribution in [1.82, 2.24) is 10.9 Å². The van der Waals surface area contributed by atoms with Crippen LogP contribution in [0.3, 0.4) is 0 Å². The summed E-state index contributed by atoms with van der Waals surface area (Å²) in [5, 5.41) is 1.79. The second-order valence-electron chi connectivity index (χ2n) is 3.27. The van der Waals surface area contributed by atoms with Gasteiger partial charge in [0, 0.05) is 14.1 Å². The Hall–Kier alpha value is -0.980. The maximum absolute atomic E-state index is 11.7. The van der Waals surface area contributed by atoms with Gasteiger partial charge < -0.3 is 4.90 Å². The Morgan fingerprint density at radius 3 is 2.53 bits per heavy atom. The molecule has 2 N–H and O–H groups in total. The summed E-state index contributed by atoms with van der Waals surface area (Å²) in [6, 6.07) is 1.81. The van der Waals surface area contributed by atoms with Crippen LogP contribution in [0.2, 0.25) is 0 Å². The number of amides is 2. The van der Waals surface area contributed by atoms with Crippen molar-refractivity contribution in [2.75, 3.05) is 19.0 Å². The van der Waals surface area contributed by atoms with Gasteiger partial charge in [0.05, 0.1) is 5.69 Å². The number of halogens is 2. The summed E-state index contributed by atoms with van der Waals surface area (Å²) >= 11 is 11.9. The Labute approximate surface area is 113 Å². The normalized spacial score (nSPS) is 10.2. The molecule has 0 radical (unpaired) electrons. The molecule has 94 valence electrons. The van der Waals surface area contributed by atoms with Crippen molar-refractivity contribution in [3.05, 3.63) is 16.3 Å². The first-order chi connectivity index (χ1) is 7.93. The van der Waals surface area contributed by atoms with Crippen LogP contribution in [0.5, 0.6) is 0 Å². The largest absolute Gasteiger partial charge is 0.376 e. The zero-order valence-corrected chi connectivity index (χ0v) is 11.5. The van der Waals surface area contributed by atoms with Crippen molar-refractivity contribution >= 4 is 52.0 Å². The summed E-state index contributed by atoms with van der Waals surface area (Å²) in [6.45, 7) is 0. The molecule has 1 aromatic rings. The minimum absolute atomic E-state index is 0.411. The number of carbonyl (C=O) groups excluding carboxylic acids is 2. The average Bonchev–Trinajstić information content (AvgIpc) is 2.73. The lowest BCUT2D eigenvalue weighted by atomic mass is 10.3. The number of carbonyl (C=O) groups is 2. The quantitative estimate of drug-likeness (QED) is 0.654. The van der Waals surface area contributed by atoms with E-state index in [9.17, 15) is 9.59 Å². The Kier molecular flexibility index (Phi) is 5.04. The Balaban J connectivity index is 2.64. The first-order valence-electron chi connectivity index (χ1n) is 4.56. The van der Waals surface area contributed by atoms with Crippen LogP contribution in [0.15, 0.2) is 11.4 Å². The molecule has 1 rings (SSSR count). The number of anilines is 1. The molecule has 0 aliphatic heterocycles. The number of alkyl halides is 2. The number of hydrazine groups is 1. The number of thiophene rings is 1. The third-order valence-electron chi connectivity index (χ3n) is 1.83. The summed E-state index contributed by atoms with van der Waals surface area (Å²) < 4.78 is 0. The van der Waals surface area contributed by atoms with Crippen LogP contribution in [-0.2, 0) is 4.79 Å². The maximum atomic E-state index is 11.7. The number of hydrogen-bond acceptors (Lipinski definition) is 4. The van der Waals surface area contributed by atoms with Gasteiger partial charge in [-0.1, -0.05) is 23.2 Å². The molecule has 1 heterocycles. The summed E-state index contributed by atoms with van der Waals surface area (Å²) in [4.78, 5) is 23.9. The van der Waals surface area contributed by atoms with Crippen molar-refractivity contribution in [1.29, 1.82) is 0 Å². The van der Waals surface area contributed by atoms with Gasteiger partial charge in [0.25, 0.3) is 11.8 Å². The van der Waals surface area contributed by atoms with E-state index in [0.717, 1.165) is 5.69 Å². The fraction of sp³-hybridized carbons (Fsp3) is 0.333. The Morgan fingerprint density at radius 2 is 2.00 bits per heavy atom. The van der Waals surface area contributed by atoms with E-state index in [-0.39, 0.29) is 0 Å². The molecule has 2 amide bonds. The van der Waals surface area contributed by atoms with E-state index in [1.54, 1.807) is 10.3 Å². The minimum Gasteiger partial charge on any atom is -0.376 e. The minimum atomic E-state index is -1.22. The summed E-state index contributed by atoms with van der Waals surface area (Å²) in [6.07, 6.45) is 0. The molecule has 0 bridgehead atoms. The lowest BCUT2D eigenvalue weighted by Crippen LogP contribution is -2.44. The first-order valence-corrected chi connectivity index (χ1v) is 6.32. The van der Waals surface area contributed by atoms with E-state index in [4.69, 9.17) is 23.2 Å². The molecule has 0 aliphatic rings. The highest BCUT2D eigenvalue weighted by atomic mass is 35.5. The molecule has 8 heteroatoms. The molecule has 0 unspecified atom stereocenters. The molecule has 0 atom stereocenters. The van der Waals surface area contributed by atoms with E-state index in [0.29, 0.717) is 4.88 Å². The van der Waals surface area contributed by atoms with Gasteiger partial charge in [-0.05, 0) is 11.4 Å². The van der Waals surface area contributed by atoms with Gasteiger partial charge in [-0.2, -0.15) is 0 Å². The Bertz CT molecular complexity index is 420. The third-order valence-corrected chi connectivity index (χ3v) is 3.13. The van der Waals surface area contributed by atoms with Crippen molar-refractivity contribution in [2.24, 2.45) is 0 Å². The predicted molar refractivity (Wildman–Crippen MR) is 69.7 cm³/mol. The van der Waals surface area contributed by atoms with E-state index < -0.39 is 16.7 Å². The second-order valence-corrected chi connectivity index (χ2v) is 5.29. The van der Waals surface area contributed by atoms with Gasteiger partial charge in [0.2, 0.25) is 0 Å². The van der Waals surface area contributed by atoms with Crippen LogP contribution in [0.25, 0.3) is 0 Å². The fourth-order valence-corrected chi connectivity index (χ4v) is 2.03. The standard InChI is InChI=1S/C9H11Cl2N3O2S/c1-14(2)5-3-4-17-6(5)8(15)12-13-9(16)7(10)11/h3-4,7H,1-2H3,(H,12,15)(H,13,16). The van der Waals surface area contributed by atoms with E-state index in [1.807, 2.05) is 20.2 Å². The monoisotopic (exact) mass is 295 g/mol. The fourth-order valence-electron chi connectivity index (χ4n) is 1.05. The van der Waals surface area contributed by atoms with E-state index in [2.05, 4.69) is 10.9 Å². The first kappa shape index (κ1) is 14.1. The highest BCUT2D eigenvalue weighted by Gasteiger charge is 2.17. The third kappa shape index (κ3) is 3.76. The van der Waals surface area contributed by atoms with Crippen molar-refractivity contribution < 1.29 is 9.59 Å². The van der Waals surface area contributed by atoms with Crippen LogP contribution in [0.4, 0.5) is 5.69 Å². The highest BCUT2D eigenvalue weighted by Crippen LogP contribution is 2.24. The zero-order valence-electron chi connectivity index (χ0n) is 9.16. The molecule has 5 nitrogen and oxygen atoms in total. The number of hydrogen-bond donors (Lipinski definition) is 2. The molecule has 0 fully saturated rings. The summed E-state index contributed by atoms with van der Waals surface area (Å²) in [7, 11) is 3.65. The molecule has 0 aromatic carbocycles. The molecule has 0 aliphatic carbocycles. The molecule has 0 saturated heterocycles. The number of nitrogens with one attached hydrogen (secondary N) is 2. The van der Waals surface area contributed by atoms with Gasteiger partial charge in [-0.25, -0.2) is 0 Å². The Morgan fingerprint density at radius 1 is 1.35 bits per heavy atom. The van der Waals surface area contributed by atoms with Gasteiger partial charge >= 0.3 is 0 Å². The molecule has 1 aromatic heterocycles. The molecular formula is C9H11Cl2N3O2S. The van der Waals surface area contributed by atoms with Crippen LogP contribution in [-0.4, -0.2) is 30.7 Å². The molecular weight excluding hydrogens is 285 g/mol. The van der Waals surface area contributed by atoms with Crippen LogP contribution in [0, 0.1) is 0 Å². The smallest absolute Gasteiger partial charge is 0.281 e. The van der Waals surface area contributed by atoms with Gasteiger partial charge in [-0.3, -0.25) is 20.4 Å². The van der Waals surface area contributed by atoms with Crippen molar-refractivity contribution in [3.8, 4) is 0 Å². The average molecular weight is 296 g/mol. The van der Waals surface area contributed by atoms with E-state index >= 15 is 0 Å². The van der Waals surface area contributed by atoms with E-state index in [1.165, 1.54) is 11.3 Å². The van der Waals surface area contributed by atoms with Crippen LogP contribution in [0.1, 0.15) is 9.67 Å². The molecule has 17 heavy (non-hydrogen) atoms. The number of nitrogens with zero attached hydrogens (tertiary/aromatic N) is 1. The maximum Gasteiger partial charge on any atom is 0.281 e. The van der Waals surface area contributed by atoms with Gasteiger partial charge in [0.1, 0.15) is 4.88 Å². The predicted octanol–water partition coefficient (Wildman–Crippen LogP) is 1.38. The SMILES string of the molecule is CN(C)c1ccsc1C(=O)NNC(=O)C(Cl)Cl. The van der Waals surface area contributed by atoms with Crippen LogP contribution < -0.4 is 15.8 Å². The van der Waals surface area contributed by atoms with Gasteiger partial charge in [0.15, 0.2) is 4.84 Å². The van der Waals surface area contributed by atoms with Crippen LogP contribution >= 0.6 is 34.5 Å². The lowest BCUT2D eigenvalue weighted by molar-refractivity contribution is -0.120. The topological polar surface area (TPSA) is 61.4 Å². The van der Waals surface area contributed by atoms with Gasteiger partial charge in [-0.15, -0.1) is 11.3 Å². The molecule has 0 spiro atoms. The second kappa shape index (κ2) is 6.09. The molecule has 0 saturated carbocycles. The van der Waals surface area contributed by atoms with Crippen molar-refractivity contribution in [2.45, 2.75) is 4.84 Å². The number of rotatable bonds is 3. The zero-order chi connectivity index (χ0) is 13.0. The van der Waals surface area contributed by atoms with Crippen molar-refractivity contribution in [3.63, 3.8) is 0 Å². The summed E-state index contributed by atoms with van der Waals surface area (Å²) in [5.74, 6) is -1.09. The highest BCUT2D eigenvalue weighted by molar-refractivity contribution is 7.12. The summed E-state index contributed by atoms with van der Waals surface area (Å²) in [5.41, 5.74) is 5.13. The lowest BCUT2D eigenvalue weighted by Gasteiger charge is -2.13.